The van der Waals surface area contributed by atoms with Gasteiger partial charge in [-0.15, -0.1) is 0 Å². The number of nitrogens with zero attached hydrogens (tertiary/aromatic N) is 2. The largest absolute Gasteiger partial charge is 0.496 e. The molecule has 1 aromatic carbocycles. The highest BCUT2D eigenvalue weighted by Crippen LogP contribution is 2.19. The van der Waals surface area contributed by atoms with E-state index in [0.29, 0.717) is 12.2 Å². The number of amides is 1. The first-order valence-electron chi connectivity index (χ1n) is 8.89. The fraction of sp³-hybridized carbons (Fsp3) is 0.400. The summed E-state index contributed by atoms with van der Waals surface area (Å²) in [6, 6.07) is 11.6. The summed E-state index contributed by atoms with van der Waals surface area (Å²) in [5, 5.41) is 3.32. The number of benzene rings is 1. The quantitative estimate of drug-likeness (QED) is 0.902. The van der Waals surface area contributed by atoms with Crippen molar-refractivity contribution >= 4 is 11.6 Å². The van der Waals surface area contributed by atoms with Crippen LogP contribution in [0.3, 0.4) is 0 Å². The monoisotopic (exact) mass is 339 g/mol. The Balaban J connectivity index is 1.61. The normalized spacial score (nSPS) is 14.7. The van der Waals surface area contributed by atoms with E-state index in [9.17, 15) is 4.79 Å². The second-order valence-electron chi connectivity index (χ2n) is 6.30. The van der Waals surface area contributed by atoms with Gasteiger partial charge in [-0.05, 0) is 31.0 Å². The Morgan fingerprint density at radius 3 is 2.56 bits per heavy atom. The fourth-order valence-corrected chi connectivity index (χ4v) is 3.11. The Bertz CT molecular complexity index is 692. The van der Waals surface area contributed by atoms with Gasteiger partial charge in [-0.1, -0.05) is 31.0 Å². The molecule has 0 aliphatic carbocycles. The second-order valence-corrected chi connectivity index (χ2v) is 6.30. The summed E-state index contributed by atoms with van der Waals surface area (Å²) < 4.78 is 5.36. The van der Waals surface area contributed by atoms with Crippen molar-refractivity contribution in [3.05, 3.63) is 53.9 Å². The van der Waals surface area contributed by atoms with Crippen molar-refractivity contribution in [2.75, 3.05) is 25.5 Å². The number of anilines is 1. The number of carbonyl (C=O) groups excluding carboxylic acids is 1. The van der Waals surface area contributed by atoms with Crippen LogP contribution in [0.25, 0.3) is 0 Å². The molecule has 5 heteroatoms. The van der Waals surface area contributed by atoms with E-state index in [4.69, 9.17) is 4.74 Å². The van der Waals surface area contributed by atoms with Crippen LogP contribution in [0.1, 0.15) is 41.7 Å². The highest BCUT2D eigenvalue weighted by atomic mass is 16.5. The molecule has 0 spiro atoms. The van der Waals surface area contributed by atoms with Crippen LogP contribution in [0.5, 0.6) is 5.75 Å². The van der Waals surface area contributed by atoms with E-state index in [1.165, 1.54) is 12.8 Å². The van der Waals surface area contributed by atoms with E-state index in [1.54, 1.807) is 19.4 Å². The van der Waals surface area contributed by atoms with Crippen molar-refractivity contribution in [3.8, 4) is 5.75 Å². The van der Waals surface area contributed by atoms with Crippen molar-refractivity contribution in [1.29, 1.82) is 0 Å². The lowest BCUT2D eigenvalue weighted by Crippen LogP contribution is -2.32. The molecule has 1 aromatic heterocycles. The van der Waals surface area contributed by atoms with Gasteiger partial charge >= 0.3 is 0 Å². The molecular weight excluding hydrogens is 314 g/mol. The van der Waals surface area contributed by atoms with Crippen molar-refractivity contribution in [1.82, 2.24) is 9.88 Å². The SMILES string of the molecule is COc1ccccc1CNc1ccc(C(=O)N2CCCCCC2)nc1. The van der Waals surface area contributed by atoms with Gasteiger partial charge in [-0.2, -0.15) is 0 Å². The Kier molecular flexibility index (Phi) is 5.88. The highest BCUT2D eigenvalue weighted by molar-refractivity contribution is 5.92. The number of hydrogen-bond acceptors (Lipinski definition) is 4. The Hall–Kier alpha value is -2.56. The molecule has 0 bridgehead atoms. The fourth-order valence-electron chi connectivity index (χ4n) is 3.11. The van der Waals surface area contributed by atoms with Crippen molar-refractivity contribution in [2.24, 2.45) is 0 Å². The van der Waals surface area contributed by atoms with Gasteiger partial charge in [0, 0.05) is 25.2 Å². The summed E-state index contributed by atoms with van der Waals surface area (Å²) in [4.78, 5) is 18.8. The Morgan fingerprint density at radius 1 is 1.12 bits per heavy atom. The predicted molar refractivity (Wildman–Crippen MR) is 98.9 cm³/mol. The molecule has 1 N–H and O–H groups in total. The van der Waals surface area contributed by atoms with Gasteiger partial charge in [0.15, 0.2) is 0 Å². The minimum absolute atomic E-state index is 0.0400. The maximum Gasteiger partial charge on any atom is 0.272 e. The molecule has 1 fully saturated rings. The van der Waals surface area contributed by atoms with Gasteiger partial charge in [-0.25, -0.2) is 4.98 Å². The first-order valence-corrected chi connectivity index (χ1v) is 8.89. The minimum Gasteiger partial charge on any atom is -0.496 e. The van der Waals surface area contributed by atoms with Crippen molar-refractivity contribution < 1.29 is 9.53 Å². The second kappa shape index (κ2) is 8.51. The summed E-state index contributed by atoms with van der Waals surface area (Å²) in [5.74, 6) is 0.897. The molecule has 1 saturated heterocycles. The van der Waals surface area contributed by atoms with Gasteiger partial charge < -0.3 is 15.0 Å². The average molecular weight is 339 g/mol. The topological polar surface area (TPSA) is 54.5 Å². The van der Waals surface area contributed by atoms with Crippen LogP contribution in [0.2, 0.25) is 0 Å². The summed E-state index contributed by atoms with van der Waals surface area (Å²) in [6.07, 6.45) is 6.32. The van der Waals surface area contributed by atoms with Crippen LogP contribution in [0.4, 0.5) is 5.69 Å². The Morgan fingerprint density at radius 2 is 1.88 bits per heavy atom. The van der Waals surface area contributed by atoms with Crippen LogP contribution < -0.4 is 10.1 Å². The third kappa shape index (κ3) is 4.50. The number of methoxy groups -OCH3 is 1. The van der Waals surface area contributed by atoms with Crippen molar-refractivity contribution in [2.45, 2.75) is 32.2 Å². The van der Waals surface area contributed by atoms with E-state index >= 15 is 0 Å². The number of likely N-dealkylation sites (tertiary alicyclic amines) is 1. The molecule has 0 saturated carbocycles. The molecule has 1 aliphatic rings. The number of aromatic nitrogens is 1. The summed E-state index contributed by atoms with van der Waals surface area (Å²) in [6.45, 7) is 2.33. The van der Waals surface area contributed by atoms with Gasteiger partial charge in [-0.3, -0.25) is 4.79 Å². The first-order chi connectivity index (χ1) is 12.3. The lowest BCUT2D eigenvalue weighted by molar-refractivity contribution is 0.0756. The van der Waals surface area contributed by atoms with Crippen LogP contribution in [-0.2, 0) is 6.54 Å². The van der Waals surface area contributed by atoms with Crippen LogP contribution in [-0.4, -0.2) is 36.0 Å². The molecule has 1 aliphatic heterocycles. The number of nitrogens with one attached hydrogen (secondary N) is 1. The number of pyridine rings is 1. The maximum absolute atomic E-state index is 12.6. The molecule has 3 rings (SSSR count). The van der Waals surface area contributed by atoms with Crippen LogP contribution in [0, 0.1) is 0 Å². The molecule has 0 atom stereocenters. The van der Waals surface area contributed by atoms with Crippen LogP contribution in [0.15, 0.2) is 42.6 Å². The number of hydrogen-bond donors (Lipinski definition) is 1. The third-order valence-corrected chi connectivity index (χ3v) is 4.55. The molecule has 2 heterocycles. The lowest BCUT2D eigenvalue weighted by atomic mass is 10.2. The molecule has 132 valence electrons. The zero-order valence-corrected chi connectivity index (χ0v) is 14.7. The third-order valence-electron chi connectivity index (χ3n) is 4.55. The summed E-state index contributed by atoms with van der Waals surface area (Å²) in [5.41, 5.74) is 2.48. The molecule has 0 unspecified atom stereocenters. The molecule has 25 heavy (non-hydrogen) atoms. The Labute approximate surface area is 149 Å². The predicted octanol–water partition coefficient (Wildman–Crippen LogP) is 3.72. The smallest absolute Gasteiger partial charge is 0.272 e. The molecule has 0 radical (unpaired) electrons. The van der Waals surface area contributed by atoms with Gasteiger partial charge in [0.2, 0.25) is 0 Å². The van der Waals surface area contributed by atoms with E-state index < -0.39 is 0 Å². The molecular formula is C20H25N3O2. The lowest BCUT2D eigenvalue weighted by Gasteiger charge is -2.19. The first kappa shape index (κ1) is 17.3. The van der Waals surface area contributed by atoms with Crippen molar-refractivity contribution in [3.63, 3.8) is 0 Å². The number of rotatable bonds is 5. The molecule has 5 nitrogen and oxygen atoms in total. The number of ether oxygens (including phenoxy) is 1. The van der Waals surface area contributed by atoms with E-state index in [1.807, 2.05) is 35.2 Å². The zero-order valence-electron chi connectivity index (χ0n) is 14.7. The summed E-state index contributed by atoms with van der Waals surface area (Å²) in [7, 11) is 1.67. The molecule has 1 amide bonds. The average Bonchev–Trinajstić information content (AvgIpc) is 2.96. The van der Waals surface area contributed by atoms with Gasteiger partial charge in [0.25, 0.3) is 5.91 Å². The van der Waals surface area contributed by atoms with Crippen LogP contribution >= 0.6 is 0 Å². The minimum atomic E-state index is 0.0400. The maximum atomic E-state index is 12.6. The van der Waals surface area contributed by atoms with E-state index in [0.717, 1.165) is 42.9 Å². The highest BCUT2D eigenvalue weighted by Gasteiger charge is 2.18. The number of carbonyl (C=O) groups is 1. The molecule has 2 aromatic rings. The van der Waals surface area contributed by atoms with Gasteiger partial charge in [0.1, 0.15) is 11.4 Å². The summed E-state index contributed by atoms with van der Waals surface area (Å²) >= 11 is 0. The van der Waals surface area contributed by atoms with E-state index in [-0.39, 0.29) is 5.91 Å². The van der Waals surface area contributed by atoms with Gasteiger partial charge in [0.05, 0.1) is 19.0 Å². The zero-order chi connectivity index (χ0) is 17.5. The standard InChI is InChI=1S/C20H25N3O2/c1-25-19-9-5-4-8-16(19)14-21-17-10-11-18(22-15-17)20(24)23-12-6-2-3-7-13-23/h4-5,8-11,15,21H,2-3,6-7,12-14H2,1H3. The number of para-hydroxylation sites is 1. The van der Waals surface area contributed by atoms with E-state index in [2.05, 4.69) is 10.3 Å².